The van der Waals surface area contributed by atoms with E-state index in [0.717, 1.165) is 6.42 Å². The van der Waals surface area contributed by atoms with Crippen LogP contribution in [0.3, 0.4) is 0 Å². The molecule has 2 atom stereocenters. The zero-order chi connectivity index (χ0) is 18.7. The second-order valence-electron chi connectivity index (χ2n) is 7.11. The standard InChI is InChI=1S/C20H24N2O3S/c1-15-12-16(2)14-22(13-15)26(24,25)19-10-8-18(9-11-19)21-20(23)17-6-4-3-5-7-17/h3-11,15-16H,12-14H2,1-2H3,(H,21,23). The number of hydrogen-bond acceptors (Lipinski definition) is 3. The number of carbonyl (C=O) groups is 1. The van der Waals surface area contributed by atoms with Crippen LogP contribution in [0.25, 0.3) is 0 Å². The number of sulfonamides is 1. The molecule has 0 aromatic heterocycles. The molecule has 5 nitrogen and oxygen atoms in total. The quantitative estimate of drug-likeness (QED) is 0.892. The summed E-state index contributed by atoms with van der Waals surface area (Å²) in [4.78, 5) is 12.4. The number of hydrogen-bond donors (Lipinski definition) is 1. The number of benzene rings is 2. The van der Waals surface area contributed by atoms with E-state index < -0.39 is 10.0 Å². The summed E-state index contributed by atoms with van der Waals surface area (Å²) in [5, 5.41) is 2.78. The lowest BCUT2D eigenvalue weighted by Gasteiger charge is -2.34. The molecule has 6 heteroatoms. The van der Waals surface area contributed by atoms with E-state index in [1.165, 1.54) is 0 Å². The summed E-state index contributed by atoms with van der Waals surface area (Å²) in [5.41, 5.74) is 1.12. The molecule has 1 N–H and O–H groups in total. The minimum absolute atomic E-state index is 0.222. The maximum Gasteiger partial charge on any atom is 0.255 e. The molecule has 2 unspecified atom stereocenters. The molecule has 1 amide bonds. The van der Waals surface area contributed by atoms with Gasteiger partial charge in [0.2, 0.25) is 10.0 Å². The molecular formula is C20H24N2O3S. The van der Waals surface area contributed by atoms with Gasteiger partial charge in [-0.15, -0.1) is 0 Å². The molecule has 0 saturated carbocycles. The van der Waals surface area contributed by atoms with Crippen molar-refractivity contribution in [3.8, 4) is 0 Å². The topological polar surface area (TPSA) is 66.5 Å². The van der Waals surface area contributed by atoms with Gasteiger partial charge >= 0.3 is 0 Å². The first-order valence-electron chi connectivity index (χ1n) is 8.83. The molecule has 2 aromatic carbocycles. The third kappa shape index (κ3) is 4.14. The Bertz CT molecular complexity index is 854. The zero-order valence-corrected chi connectivity index (χ0v) is 15.9. The number of rotatable bonds is 4. The lowest BCUT2D eigenvalue weighted by Crippen LogP contribution is -2.42. The molecule has 1 fully saturated rings. The summed E-state index contributed by atoms with van der Waals surface area (Å²) in [7, 11) is -3.50. The predicted octanol–water partition coefficient (Wildman–Crippen LogP) is 3.61. The van der Waals surface area contributed by atoms with Crippen LogP contribution in [-0.2, 0) is 10.0 Å². The van der Waals surface area contributed by atoms with Crippen molar-refractivity contribution in [2.24, 2.45) is 11.8 Å². The summed E-state index contributed by atoms with van der Waals surface area (Å²) in [6.45, 7) is 5.28. The fraction of sp³-hybridized carbons (Fsp3) is 0.350. The molecule has 3 rings (SSSR count). The van der Waals surface area contributed by atoms with Crippen LogP contribution in [0.5, 0.6) is 0 Å². The highest BCUT2D eigenvalue weighted by molar-refractivity contribution is 7.89. The van der Waals surface area contributed by atoms with Gasteiger partial charge in [0.25, 0.3) is 5.91 Å². The van der Waals surface area contributed by atoms with E-state index in [1.807, 2.05) is 6.07 Å². The van der Waals surface area contributed by atoms with Crippen LogP contribution in [0.15, 0.2) is 59.5 Å². The maximum atomic E-state index is 12.9. The summed E-state index contributed by atoms with van der Waals surface area (Å²) in [5.74, 6) is 0.496. The van der Waals surface area contributed by atoms with Gasteiger partial charge in [-0.05, 0) is 54.7 Å². The van der Waals surface area contributed by atoms with Crippen molar-refractivity contribution < 1.29 is 13.2 Å². The van der Waals surface area contributed by atoms with Crippen LogP contribution in [0, 0.1) is 11.8 Å². The number of nitrogens with zero attached hydrogens (tertiary/aromatic N) is 1. The van der Waals surface area contributed by atoms with Crippen LogP contribution < -0.4 is 5.32 Å². The molecule has 0 aliphatic carbocycles. The number of anilines is 1. The van der Waals surface area contributed by atoms with Crippen molar-refractivity contribution in [3.05, 3.63) is 60.2 Å². The SMILES string of the molecule is CC1CC(C)CN(S(=O)(=O)c2ccc(NC(=O)c3ccccc3)cc2)C1. The van der Waals surface area contributed by atoms with Crippen molar-refractivity contribution in [1.29, 1.82) is 0 Å². The van der Waals surface area contributed by atoms with Crippen LogP contribution in [0.2, 0.25) is 0 Å². The Hall–Kier alpha value is -2.18. The molecule has 2 aromatic rings. The molecule has 1 aliphatic rings. The summed E-state index contributed by atoms with van der Waals surface area (Å²) in [6.07, 6.45) is 1.05. The number of amides is 1. The van der Waals surface area contributed by atoms with Gasteiger partial charge in [-0.25, -0.2) is 8.42 Å². The number of piperidine rings is 1. The van der Waals surface area contributed by atoms with Gasteiger partial charge in [0.1, 0.15) is 0 Å². The third-order valence-corrected chi connectivity index (χ3v) is 6.47. The van der Waals surface area contributed by atoms with Gasteiger partial charge in [0.05, 0.1) is 4.90 Å². The molecule has 1 heterocycles. The van der Waals surface area contributed by atoms with Crippen LogP contribution in [-0.4, -0.2) is 31.7 Å². The van der Waals surface area contributed by atoms with E-state index in [4.69, 9.17) is 0 Å². The Morgan fingerprint density at radius 2 is 1.54 bits per heavy atom. The van der Waals surface area contributed by atoms with E-state index in [9.17, 15) is 13.2 Å². The van der Waals surface area contributed by atoms with Crippen LogP contribution in [0.4, 0.5) is 5.69 Å². The lowest BCUT2D eigenvalue weighted by atomic mass is 9.94. The second kappa shape index (κ2) is 7.60. The Kier molecular flexibility index (Phi) is 5.44. The smallest absolute Gasteiger partial charge is 0.255 e. The largest absolute Gasteiger partial charge is 0.322 e. The third-order valence-electron chi connectivity index (χ3n) is 4.62. The van der Waals surface area contributed by atoms with Gasteiger partial charge in [-0.1, -0.05) is 32.0 Å². The minimum atomic E-state index is -3.50. The Balaban J connectivity index is 1.73. The van der Waals surface area contributed by atoms with Crippen molar-refractivity contribution in [2.75, 3.05) is 18.4 Å². The Morgan fingerprint density at radius 1 is 0.962 bits per heavy atom. The van der Waals surface area contributed by atoms with E-state index in [0.29, 0.717) is 36.2 Å². The minimum Gasteiger partial charge on any atom is -0.322 e. The van der Waals surface area contributed by atoms with Crippen LogP contribution in [0.1, 0.15) is 30.6 Å². The molecule has 0 radical (unpaired) electrons. The molecule has 138 valence electrons. The molecular weight excluding hydrogens is 348 g/mol. The van der Waals surface area contributed by atoms with Crippen molar-refractivity contribution in [3.63, 3.8) is 0 Å². The van der Waals surface area contributed by atoms with Gasteiger partial charge in [-0.2, -0.15) is 4.31 Å². The number of nitrogens with one attached hydrogen (secondary N) is 1. The fourth-order valence-electron chi connectivity index (χ4n) is 3.45. The van der Waals surface area contributed by atoms with E-state index in [2.05, 4.69) is 19.2 Å². The van der Waals surface area contributed by atoms with E-state index in [1.54, 1.807) is 52.8 Å². The second-order valence-corrected chi connectivity index (χ2v) is 9.05. The summed E-state index contributed by atoms with van der Waals surface area (Å²) in [6, 6.07) is 15.3. The summed E-state index contributed by atoms with van der Waals surface area (Å²) >= 11 is 0. The normalized spacial score (nSPS) is 21.3. The Labute approximate surface area is 155 Å². The lowest BCUT2D eigenvalue weighted by molar-refractivity contribution is 0.102. The first-order chi connectivity index (χ1) is 12.4. The number of carbonyl (C=O) groups excluding carboxylic acids is 1. The van der Waals surface area contributed by atoms with Crippen molar-refractivity contribution >= 4 is 21.6 Å². The average Bonchev–Trinajstić information content (AvgIpc) is 2.62. The molecule has 0 spiro atoms. The monoisotopic (exact) mass is 372 g/mol. The van der Waals surface area contributed by atoms with E-state index >= 15 is 0 Å². The molecule has 1 aliphatic heterocycles. The molecule has 0 bridgehead atoms. The highest BCUT2D eigenvalue weighted by Gasteiger charge is 2.31. The van der Waals surface area contributed by atoms with Gasteiger partial charge in [-0.3, -0.25) is 4.79 Å². The van der Waals surface area contributed by atoms with Crippen molar-refractivity contribution in [1.82, 2.24) is 4.31 Å². The van der Waals surface area contributed by atoms with Crippen LogP contribution >= 0.6 is 0 Å². The Morgan fingerprint density at radius 3 is 2.12 bits per heavy atom. The highest BCUT2D eigenvalue weighted by atomic mass is 32.2. The van der Waals surface area contributed by atoms with E-state index in [-0.39, 0.29) is 10.8 Å². The van der Waals surface area contributed by atoms with Gasteiger partial charge < -0.3 is 5.32 Å². The molecule has 26 heavy (non-hydrogen) atoms. The first kappa shape index (κ1) is 18.6. The van der Waals surface area contributed by atoms with Gasteiger partial charge in [0.15, 0.2) is 0 Å². The zero-order valence-electron chi connectivity index (χ0n) is 15.1. The maximum absolute atomic E-state index is 12.9. The average molecular weight is 372 g/mol. The first-order valence-corrected chi connectivity index (χ1v) is 10.3. The summed E-state index contributed by atoms with van der Waals surface area (Å²) < 4.78 is 27.3. The molecule has 1 saturated heterocycles. The highest BCUT2D eigenvalue weighted by Crippen LogP contribution is 2.27. The predicted molar refractivity (Wildman–Crippen MR) is 103 cm³/mol. The fourth-order valence-corrected chi connectivity index (χ4v) is 5.13. The van der Waals surface area contributed by atoms with Crippen molar-refractivity contribution in [2.45, 2.75) is 25.2 Å². The van der Waals surface area contributed by atoms with Gasteiger partial charge in [0, 0.05) is 24.3 Å².